The van der Waals surface area contributed by atoms with Crippen LogP contribution in [0.15, 0.2) is 30.3 Å². The molecule has 25 heavy (non-hydrogen) atoms. The molecule has 2 fully saturated rings. The number of hydrogen-bond donors (Lipinski definition) is 2. The second kappa shape index (κ2) is 11.7. The lowest BCUT2D eigenvalue weighted by Gasteiger charge is -2.32. The van der Waals surface area contributed by atoms with Crippen molar-refractivity contribution >= 4 is 30.7 Å². The molecule has 0 spiro atoms. The molecule has 0 saturated carbocycles. The number of morpholine rings is 1. The van der Waals surface area contributed by atoms with Gasteiger partial charge in [0.1, 0.15) is 6.04 Å². The summed E-state index contributed by atoms with van der Waals surface area (Å²) in [4.78, 5) is 14.6. The minimum Gasteiger partial charge on any atom is -0.378 e. The van der Waals surface area contributed by atoms with Crippen LogP contribution in [-0.2, 0) is 16.1 Å². The molecule has 0 bridgehead atoms. The van der Waals surface area contributed by atoms with Gasteiger partial charge in [0.05, 0.1) is 13.2 Å². The summed E-state index contributed by atoms with van der Waals surface area (Å²) in [5.41, 5.74) is 1.38. The van der Waals surface area contributed by atoms with Crippen molar-refractivity contribution in [2.45, 2.75) is 25.4 Å². The Labute approximate surface area is 162 Å². The number of ether oxygens (including phenoxy) is 1. The van der Waals surface area contributed by atoms with Gasteiger partial charge in [0.2, 0.25) is 5.91 Å². The highest BCUT2D eigenvalue weighted by Gasteiger charge is 2.23. The number of benzene rings is 1. The number of likely N-dealkylation sites (tertiary alicyclic amines) is 1. The average molecular weight is 390 g/mol. The molecule has 1 atom stereocenters. The van der Waals surface area contributed by atoms with Gasteiger partial charge in [-0.15, -0.1) is 24.8 Å². The first-order valence-corrected chi connectivity index (χ1v) is 8.66. The largest absolute Gasteiger partial charge is 0.378 e. The van der Waals surface area contributed by atoms with Crippen molar-refractivity contribution in [3.63, 3.8) is 0 Å². The van der Waals surface area contributed by atoms with Crippen molar-refractivity contribution in [1.82, 2.24) is 15.5 Å². The van der Waals surface area contributed by atoms with Crippen LogP contribution in [0.1, 0.15) is 18.4 Å². The molecule has 0 radical (unpaired) electrons. The van der Waals surface area contributed by atoms with E-state index in [1.165, 1.54) is 5.56 Å². The van der Waals surface area contributed by atoms with Gasteiger partial charge in [-0.1, -0.05) is 30.3 Å². The average Bonchev–Trinajstić information content (AvgIpc) is 2.62. The van der Waals surface area contributed by atoms with E-state index in [0.717, 1.165) is 45.6 Å². The fraction of sp³-hybridized carbons (Fsp3) is 0.611. The van der Waals surface area contributed by atoms with E-state index in [4.69, 9.17) is 4.74 Å². The molecule has 142 valence electrons. The molecule has 1 amide bonds. The number of hydrogen-bond acceptors (Lipinski definition) is 4. The van der Waals surface area contributed by atoms with Crippen molar-refractivity contribution in [2.75, 3.05) is 39.4 Å². The predicted octanol–water partition coefficient (Wildman–Crippen LogP) is 1.85. The van der Waals surface area contributed by atoms with Gasteiger partial charge in [0.25, 0.3) is 0 Å². The Kier molecular flexibility index (Phi) is 10.4. The normalized spacial score (nSPS) is 21.7. The number of nitrogens with zero attached hydrogens (tertiary/aromatic N) is 1. The summed E-state index contributed by atoms with van der Waals surface area (Å²) in [7, 11) is 0. The van der Waals surface area contributed by atoms with Gasteiger partial charge in [0, 0.05) is 19.6 Å². The number of amides is 1. The van der Waals surface area contributed by atoms with Crippen LogP contribution >= 0.6 is 24.8 Å². The Balaban J connectivity index is 0.00000156. The lowest BCUT2D eigenvalue weighted by atomic mass is 9.96. The lowest BCUT2D eigenvalue weighted by Crippen LogP contribution is -2.52. The zero-order valence-corrected chi connectivity index (χ0v) is 16.1. The fourth-order valence-electron chi connectivity index (χ4n) is 3.29. The highest BCUT2D eigenvalue weighted by atomic mass is 35.5. The monoisotopic (exact) mass is 389 g/mol. The van der Waals surface area contributed by atoms with Gasteiger partial charge >= 0.3 is 0 Å². The Bertz CT molecular complexity index is 490. The zero-order valence-electron chi connectivity index (χ0n) is 14.5. The molecule has 1 unspecified atom stereocenters. The van der Waals surface area contributed by atoms with Crippen molar-refractivity contribution in [3.05, 3.63) is 35.9 Å². The molecule has 1 aromatic carbocycles. The quantitative estimate of drug-likeness (QED) is 0.806. The molecule has 3 rings (SSSR count). The number of halogens is 2. The van der Waals surface area contributed by atoms with Gasteiger partial charge in [0.15, 0.2) is 0 Å². The Morgan fingerprint density at radius 1 is 1.20 bits per heavy atom. The van der Waals surface area contributed by atoms with E-state index in [1.54, 1.807) is 0 Å². The highest BCUT2D eigenvalue weighted by molar-refractivity contribution is 5.85. The molecule has 2 heterocycles. The number of carbonyl (C=O) groups is 1. The smallest absolute Gasteiger partial charge is 0.239 e. The zero-order chi connectivity index (χ0) is 15.9. The molecule has 2 aliphatic rings. The van der Waals surface area contributed by atoms with Crippen LogP contribution in [0.5, 0.6) is 0 Å². The second-order valence-electron chi connectivity index (χ2n) is 6.53. The lowest BCUT2D eigenvalue weighted by molar-refractivity contribution is -0.126. The van der Waals surface area contributed by atoms with E-state index in [2.05, 4.69) is 45.9 Å². The van der Waals surface area contributed by atoms with Crippen LogP contribution in [0, 0.1) is 5.92 Å². The third-order valence-corrected chi connectivity index (χ3v) is 4.76. The molecule has 2 saturated heterocycles. The van der Waals surface area contributed by atoms with E-state index in [-0.39, 0.29) is 36.8 Å². The van der Waals surface area contributed by atoms with Gasteiger partial charge in [-0.3, -0.25) is 9.69 Å². The van der Waals surface area contributed by atoms with Crippen LogP contribution < -0.4 is 10.6 Å². The topological polar surface area (TPSA) is 53.6 Å². The van der Waals surface area contributed by atoms with E-state index in [1.807, 2.05) is 0 Å². The molecule has 5 nitrogen and oxygen atoms in total. The third-order valence-electron chi connectivity index (χ3n) is 4.76. The molecule has 0 aliphatic carbocycles. The minimum absolute atomic E-state index is 0. The Morgan fingerprint density at radius 2 is 1.92 bits per heavy atom. The molecule has 1 aromatic rings. The first kappa shape index (κ1) is 22.2. The van der Waals surface area contributed by atoms with Crippen molar-refractivity contribution in [1.29, 1.82) is 0 Å². The van der Waals surface area contributed by atoms with Crippen LogP contribution in [0.4, 0.5) is 0 Å². The summed E-state index contributed by atoms with van der Waals surface area (Å²) in [6.45, 7) is 5.99. The maximum atomic E-state index is 12.1. The SMILES string of the molecule is Cl.Cl.O=C(NCC1CCN(Cc2ccccc2)CC1)C1COCCN1. The first-order chi connectivity index (χ1) is 11.3. The molecule has 0 aromatic heterocycles. The summed E-state index contributed by atoms with van der Waals surface area (Å²) < 4.78 is 5.34. The standard InChI is InChI=1S/C18H27N3O2.2ClH/c22-18(17-14-23-11-8-19-17)20-12-15-6-9-21(10-7-15)13-16-4-2-1-3-5-16;;/h1-5,15,17,19H,6-14H2,(H,20,22);2*1H. The van der Waals surface area contributed by atoms with Crippen LogP contribution in [0.3, 0.4) is 0 Å². The second-order valence-corrected chi connectivity index (χ2v) is 6.53. The van der Waals surface area contributed by atoms with Gasteiger partial charge < -0.3 is 15.4 Å². The molecule has 2 aliphatic heterocycles. The summed E-state index contributed by atoms with van der Waals surface area (Å²) in [6.07, 6.45) is 2.31. The summed E-state index contributed by atoms with van der Waals surface area (Å²) in [5, 5.41) is 6.28. The number of piperidine rings is 1. The van der Waals surface area contributed by atoms with Crippen LogP contribution in [-0.4, -0.2) is 56.2 Å². The van der Waals surface area contributed by atoms with Crippen molar-refractivity contribution < 1.29 is 9.53 Å². The summed E-state index contributed by atoms with van der Waals surface area (Å²) in [6, 6.07) is 10.4. The first-order valence-electron chi connectivity index (χ1n) is 8.66. The Morgan fingerprint density at radius 3 is 2.56 bits per heavy atom. The van der Waals surface area contributed by atoms with Crippen molar-refractivity contribution in [3.8, 4) is 0 Å². The third kappa shape index (κ3) is 7.12. The van der Waals surface area contributed by atoms with Crippen LogP contribution in [0.2, 0.25) is 0 Å². The molecule has 2 N–H and O–H groups in total. The maximum absolute atomic E-state index is 12.1. The minimum atomic E-state index is -0.179. The van der Waals surface area contributed by atoms with Crippen molar-refractivity contribution in [2.24, 2.45) is 5.92 Å². The summed E-state index contributed by atoms with van der Waals surface area (Å²) >= 11 is 0. The maximum Gasteiger partial charge on any atom is 0.239 e. The molecular weight excluding hydrogens is 361 g/mol. The summed E-state index contributed by atoms with van der Waals surface area (Å²) in [5.74, 6) is 0.673. The van der Waals surface area contributed by atoms with Crippen LogP contribution in [0.25, 0.3) is 0 Å². The van der Waals surface area contributed by atoms with E-state index in [0.29, 0.717) is 19.1 Å². The number of nitrogens with one attached hydrogen (secondary N) is 2. The van der Waals surface area contributed by atoms with Gasteiger partial charge in [-0.25, -0.2) is 0 Å². The number of carbonyl (C=O) groups excluding carboxylic acids is 1. The van der Waals surface area contributed by atoms with Gasteiger partial charge in [-0.2, -0.15) is 0 Å². The highest BCUT2D eigenvalue weighted by Crippen LogP contribution is 2.18. The fourth-order valence-corrected chi connectivity index (χ4v) is 3.29. The predicted molar refractivity (Wildman–Crippen MR) is 105 cm³/mol. The van der Waals surface area contributed by atoms with Gasteiger partial charge in [-0.05, 0) is 37.4 Å². The Hall–Kier alpha value is -0.850. The molecule has 7 heteroatoms. The molecular formula is C18H29Cl2N3O2. The van der Waals surface area contributed by atoms with E-state index < -0.39 is 0 Å². The van der Waals surface area contributed by atoms with E-state index in [9.17, 15) is 4.79 Å². The van der Waals surface area contributed by atoms with E-state index >= 15 is 0 Å². The number of rotatable bonds is 5.